The summed E-state index contributed by atoms with van der Waals surface area (Å²) in [6, 6.07) is 9.82. The predicted octanol–water partition coefficient (Wildman–Crippen LogP) is 3.35. The van der Waals surface area contributed by atoms with E-state index in [1.807, 2.05) is 55.6 Å². The van der Waals surface area contributed by atoms with Crippen molar-refractivity contribution in [2.45, 2.75) is 102 Å². The summed E-state index contributed by atoms with van der Waals surface area (Å²) in [6.07, 6.45) is 4.84. The highest BCUT2D eigenvalue weighted by Gasteiger charge is 2.35. The van der Waals surface area contributed by atoms with Crippen LogP contribution in [0.4, 0.5) is 0 Å². The maximum absolute atomic E-state index is 14.2. The molecule has 1 aromatic heterocycles. The molecule has 2 aromatic rings. The zero-order valence-corrected chi connectivity index (χ0v) is 32.0. The van der Waals surface area contributed by atoms with Crippen molar-refractivity contribution in [3.05, 3.63) is 53.0 Å². The highest BCUT2D eigenvalue weighted by molar-refractivity contribution is 7.03. The molecule has 0 bridgehead atoms. The van der Waals surface area contributed by atoms with E-state index in [0.29, 0.717) is 37.4 Å². The number of carbonyl (C=O) groups excluding carboxylic acids is 3. The molecule has 2 heterocycles. The van der Waals surface area contributed by atoms with Crippen LogP contribution in [0, 0.1) is 17.8 Å². The minimum atomic E-state index is -1.14. The molecule has 1 aliphatic carbocycles. The Morgan fingerprint density at radius 1 is 0.961 bits per heavy atom. The Labute approximate surface area is 309 Å². The molecule has 51 heavy (non-hydrogen) atoms. The lowest BCUT2D eigenvalue weighted by Crippen LogP contribution is -2.56. The van der Waals surface area contributed by atoms with Crippen LogP contribution < -0.4 is 10.6 Å². The van der Waals surface area contributed by atoms with Gasteiger partial charge in [0.2, 0.25) is 17.7 Å². The van der Waals surface area contributed by atoms with Crippen molar-refractivity contribution in [2.24, 2.45) is 17.8 Å². The molecule has 4 N–H and O–H groups in total. The molecule has 11 nitrogen and oxygen atoms in total. The van der Waals surface area contributed by atoms with Crippen molar-refractivity contribution in [3.63, 3.8) is 0 Å². The lowest BCUT2D eigenvalue weighted by molar-refractivity contribution is -0.137. The SMILES string of the molecule is CC(C)CC(O)C(O)C(CC1CCCCC1)NC(=O)C(Cc1ccsn1)NC(=O)C(CC(=O)N(C)CCN1CCN(C)CC1)Cc1ccccc1. The number of hydrogen-bond donors (Lipinski definition) is 4. The summed E-state index contributed by atoms with van der Waals surface area (Å²) in [5, 5.41) is 30.2. The fraction of sp³-hybridized carbons (Fsp3) is 0.692. The van der Waals surface area contributed by atoms with E-state index in [1.54, 1.807) is 11.9 Å². The number of piperazine rings is 1. The van der Waals surface area contributed by atoms with Gasteiger partial charge in [-0.3, -0.25) is 19.3 Å². The Kier molecular flexibility index (Phi) is 16.8. The van der Waals surface area contributed by atoms with E-state index in [0.717, 1.165) is 64.0 Å². The van der Waals surface area contributed by atoms with Crippen LogP contribution in [0.5, 0.6) is 0 Å². The van der Waals surface area contributed by atoms with Gasteiger partial charge in [-0.15, -0.1) is 0 Å². The summed E-state index contributed by atoms with van der Waals surface area (Å²) in [5.41, 5.74) is 1.60. The summed E-state index contributed by atoms with van der Waals surface area (Å²) >= 11 is 1.27. The number of rotatable bonds is 19. The molecule has 3 amide bonds. The highest BCUT2D eigenvalue weighted by atomic mass is 32.1. The predicted molar refractivity (Wildman–Crippen MR) is 202 cm³/mol. The average Bonchev–Trinajstić information content (AvgIpc) is 3.64. The second-order valence-electron chi connectivity index (χ2n) is 15.3. The Morgan fingerprint density at radius 2 is 1.67 bits per heavy atom. The topological polar surface area (TPSA) is 138 Å². The largest absolute Gasteiger partial charge is 0.390 e. The summed E-state index contributed by atoms with van der Waals surface area (Å²) in [7, 11) is 3.91. The van der Waals surface area contributed by atoms with Gasteiger partial charge >= 0.3 is 0 Å². The standard InChI is InChI=1S/C39H62N6O5S/c1-28(2)23-35(46)37(48)33(25-30-13-9-6-10-14-30)40-39(50)34(27-32-15-22-51-42-32)41-38(49)31(24-29-11-7-5-8-12-29)26-36(47)44(4)18-21-45-19-16-43(3)17-20-45/h5,7-8,11-12,15,22,28,30-31,33-35,37,46,48H,6,9-10,13-14,16-21,23-27H2,1-4H3,(H,40,50)(H,41,49). The molecule has 0 spiro atoms. The van der Waals surface area contributed by atoms with E-state index >= 15 is 0 Å². The molecule has 1 aromatic carbocycles. The number of likely N-dealkylation sites (N-methyl/N-ethyl adjacent to an activating group) is 2. The van der Waals surface area contributed by atoms with Crippen molar-refractivity contribution in [1.82, 2.24) is 29.7 Å². The fourth-order valence-corrected chi connectivity index (χ4v) is 7.85. The Morgan fingerprint density at radius 3 is 2.31 bits per heavy atom. The van der Waals surface area contributed by atoms with E-state index < -0.39 is 36.1 Å². The van der Waals surface area contributed by atoms with Gasteiger partial charge in [0.1, 0.15) is 12.1 Å². The number of amides is 3. The number of aromatic nitrogens is 1. The van der Waals surface area contributed by atoms with Gasteiger partial charge in [-0.05, 0) is 61.3 Å². The van der Waals surface area contributed by atoms with Crippen molar-refractivity contribution in [3.8, 4) is 0 Å². The molecule has 5 atom stereocenters. The second kappa shape index (κ2) is 21.0. The van der Waals surface area contributed by atoms with Gasteiger partial charge in [0.25, 0.3) is 0 Å². The van der Waals surface area contributed by atoms with Crippen molar-refractivity contribution < 1.29 is 24.6 Å². The first kappa shape index (κ1) is 40.9. The van der Waals surface area contributed by atoms with E-state index in [1.165, 1.54) is 18.0 Å². The van der Waals surface area contributed by atoms with Gasteiger partial charge in [-0.1, -0.05) is 76.3 Å². The maximum Gasteiger partial charge on any atom is 0.243 e. The molecule has 5 unspecified atom stereocenters. The van der Waals surface area contributed by atoms with Gasteiger partial charge in [-0.2, -0.15) is 4.37 Å². The summed E-state index contributed by atoms with van der Waals surface area (Å²) in [4.78, 5) is 48.3. The minimum absolute atomic E-state index is 0.00934. The molecular weight excluding hydrogens is 665 g/mol. The second-order valence-corrected chi connectivity index (χ2v) is 16.0. The third-order valence-corrected chi connectivity index (χ3v) is 11.2. The number of nitrogens with zero attached hydrogens (tertiary/aromatic N) is 4. The van der Waals surface area contributed by atoms with Crippen LogP contribution in [0.1, 0.15) is 76.5 Å². The normalized spacial score (nSPS) is 19.2. The van der Waals surface area contributed by atoms with Crippen LogP contribution in [0.25, 0.3) is 0 Å². The number of hydrogen-bond acceptors (Lipinski definition) is 9. The lowest BCUT2D eigenvalue weighted by Gasteiger charge is -2.34. The highest BCUT2D eigenvalue weighted by Crippen LogP contribution is 2.29. The number of benzene rings is 1. The van der Waals surface area contributed by atoms with Crippen molar-refractivity contribution in [1.29, 1.82) is 0 Å². The lowest BCUT2D eigenvalue weighted by atomic mass is 9.82. The van der Waals surface area contributed by atoms with Crippen LogP contribution in [0.15, 0.2) is 41.8 Å². The molecule has 0 radical (unpaired) electrons. The zero-order valence-electron chi connectivity index (χ0n) is 31.2. The fourth-order valence-electron chi connectivity index (χ4n) is 7.30. The molecular formula is C39H62N6O5S. The van der Waals surface area contributed by atoms with E-state index in [4.69, 9.17) is 0 Å². The summed E-state index contributed by atoms with van der Waals surface area (Å²) in [6.45, 7) is 9.28. The molecule has 1 saturated carbocycles. The first-order chi connectivity index (χ1) is 24.5. The Bertz CT molecular complexity index is 1320. The van der Waals surface area contributed by atoms with Crippen LogP contribution in [0.2, 0.25) is 0 Å². The van der Waals surface area contributed by atoms with E-state index in [9.17, 15) is 24.6 Å². The van der Waals surface area contributed by atoms with Gasteiger partial charge in [0.15, 0.2) is 0 Å². The molecule has 2 aliphatic rings. The zero-order chi connectivity index (χ0) is 36.8. The number of aliphatic hydroxyl groups excluding tert-OH is 2. The third-order valence-electron chi connectivity index (χ3n) is 10.6. The van der Waals surface area contributed by atoms with Gasteiger partial charge in [0.05, 0.1) is 23.8 Å². The van der Waals surface area contributed by atoms with Gasteiger partial charge in [-0.25, -0.2) is 0 Å². The van der Waals surface area contributed by atoms with Crippen molar-refractivity contribution >= 4 is 29.3 Å². The van der Waals surface area contributed by atoms with Gasteiger partial charge in [0, 0.05) is 64.5 Å². The van der Waals surface area contributed by atoms with E-state index in [2.05, 4.69) is 31.9 Å². The molecule has 12 heteroatoms. The van der Waals surface area contributed by atoms with Gasteiger partial charge < -0.3 is 30.6 Å². The monoisotopic (exact) mass is 726 g/mol. The minimum Gasteiger partial charge on any atom is -0.390 e. The smallest absolute Gasteiger partial charge is 0.243 e. The maximum atomic E-state index is 14.2. The van der Waals surface area contributed by atoms with Crippen LogP contribution in [-0.4, -0.2) is 125 Å². The van der Waals surface area contributed by atoms with Crippen molar-refractivity contribution in [2.75, 3.05) is 53.4 Å². The molecule has 1 aliphatic heterocycles. The van der Waals surface area contributed by atoms with E-state index in [-0.39, 0.29) is 30.6 Å². The first-order valence-electron chi connectivity index (χ1n) is 19.0. The summed E-state index contributed by atoms with van der Waals surface area (Å²) in [5.74, 6) is -1.11. The first-order valence-corrected chi connectivity index (χ1v) is 19.9. The van der Waals surface area contributed by atoms with Crippen LogP contribution >= 0.6 is 11.5 Å². The summed E-state index contributed by atoms with van der Waals surface area (Å²) < 4.78 is 4.42. The molecule has 1 saturated heterocycles. The quantitative estimate of drug-likeness (QED) is 0.173. The number of aliphatic hydroxyl groups is 2. The number of nitrogens with one attached hydrogen (secondary N) is 2. The van der Waals surface area contributed by atoms with Crippen LogP contribution in [0.3, 0.4) is 0 Å². The molecule has 2 fully saturated rings. The Balaban J connectivity index is 1.49. The molecule has 4 rings (SSSR count). The van der Waals surface area contributed by atoms with Crippen LogP contribution in [-0.2, 0) is 27.2 Å². The third kappa shape index (κ3) is 13.9. The Hall–Kier alpha value is -2.90. The number of carbonyl (C=O) groups is 3. The molecule has 284 valence electrons. The average molecular weight is 727 g/mol.